The molecule has 0 aliphatic carbocycles. The van der Waals surface area contributed by atoms with E-state index in [1.165, 1.54) is 4.88 Å². The molecule has 2 N–H and O–H groups in total. The van der Waals surface area contributed by atoms with Crippen LogP contribution in [0.2, 0.25) is 0 Å². The largest absolute Gasteiger partial charge is 0.368 e. The SMILES string of the molecule is CCNc1nc(NCC(C)N(C)C)c2cc(C)sc2n1. The highest BCUT2D eigenvalue weighted by atomic mass is 32.1. The summed E-state index contributed by atoms with van der Waals surface area (Å²) in [6.45, 7) is 8.03. The van der Waals surface area contributed by atoms with Gasteiger partial charge < -0.3 is 15.5 Å². The van der Waals surface area contributed by atoms with Crippen molar-refractivity contribution in [3.63, 3.8) is 0 Å². The van der Waals surface area contributed by atoms with Crippen LogP contribution in [-0.4, -0.2) is 48.1 Å². The second-order valence-corrected chi connectivity index (χ2v) is 6.43. The number of aromatic nitrogens is 2. The summed E-state index contributed by atoms with van der Waals surface area (Å²) in [6, 6.07) is 2.60. The first-order valence-electron chi connectivity index (χ1n) is 6.93. The van der Waals surface area contributed by atoms with Gasteiger partial charge in [0, 0.05) is 24.0 Å². The van der Waals surface area contributed by atoms with Crippen molar-refractivity contribution in [1.82, 2.24) is 14.9 Å². The van der Waals surface area contributed by atoms with Crippen molar-refractivity contribution in [3.05, 3.63) is 10.9 Å². The molecule has 20 heavy (non-hydrogen) atoms. The van der Waals surface area contributed by atoms with Gasteiger partial charge in [0.2, 0.25) is 5.95 Å². The first kappa shape index (κ1) is 15.0. The highest BCUT2D eigenvalue weighted by Gasteiger charge is 2.11. The average molecular weight is 293 g/mol. The number of thiophene rings is 1. The van der Waals surface area contributed by atoms with E-state index in [2.05, 4.69) is 66.4 Å². The third kappa shape index (κ3) is 3.37. The Morgan fingerprint density at radius 2 is 2.05 bits per heavy atom. The van der Waals surface area contributed by atoms with E-state index in [0.717, 1.165) is 29.1 Å². The lowest BCUT2D eigenvalue weighted by Crippen LogP contribution is -2.31. The van der Waals surface area contributed by atoms with Crippen molar-refractivity contribution in [2.45, 2.75) is 26.8 Å². The molecule has 2 rings (SSSR count). The van der Waals surface area contributed by atoms with Gasteiger partial charge in [-0.3, -0.25) is 0 Å². The van der Waals surface area contributed by atoms with Crippen molar-refractivity contribution in [3.8, 4) is 0 Å². The lowest BCUT2D eigenvalue weighted by atomic mass is 10.3. The molecule has 0 aromatic carbocycles. The molecule has 0 radical (unpaired) electrons. The second kappa shape index (κ2) is 6.37. The Morgan fingerprint density at radius 3 is 2.70 bits per heavy atom. The molecule has 0 aliphatic rings. The monoisotopic (exact) mass is 293 g/mol. The van der Waals surface area contributed by atoms with E-state index in [0.29, 0.717) is 12.0 Å². The molecule has 0 bridgehead atoms. The second-order valence-electron chi connectivity index (χ2n) is 5.20. The summed E-state index contributed by atoms with van der Waals surface area (Å²) in [5.74, 6) is 1.62. The van der Waals surface area contributed by atoms with E-state index < -0.39 is 0 Å². The van der Waals surface area contributed by atoms with Crippen LogP contribution in [0.25, 0.3) is 10.2 Å². The third-order valence-corrected chi connectivity index (χ3v) is 4.24. The molecule has 0 saturated carbocycles. The maximum absolute atomic E-state index is 4.59. The smallest absolute Gasteiger partial charge is 0.226 e. The predicted molar refractivity (Wildman–Crippen MR) is 88.0 cm³/mol. The Balaban J connectivity index is 2.29. The maximum atomic E-state index is 4.59. The standard InChI is InChI=1S/C14H23N5S/c1-6-15-14-17-12(16-8-9(2)19(4)5)11-7-10(3)20-13(11)18-14/h7,9H,6,8H2,1-5H3,(H2,15,16,17,18). The van der Waals surface area contributed by atoms with Crippen LogP contribution in [-0.2, 0) is 0 Å². The fourth-order valence-corrected chi connectivity index (χ4v) is 2.72. The van der Waals surface area contributed by atoms with Gasteiger partial charge >= 0.3 is 0 Å². The number of rotatable bonds is 6. The maximum Gasteiger partial charge on any atom is 0.226 e. The van der Waals surface area contributed by atoms with Crippen molar-refractivity contribution < 1.29 is 0 Å². The van der Waals surface area contributed by atoms with Crippen LogP contribution in [0.3, 0.4) is 0 Å². The minimum Gasteiger partial charge on any atom is -0.368 e. The van der Waals surface area contributed by atoms with Crippen LogP contribution < -0.4 is 10.6 Å². The molecular weight excluding hydrogens is 270 g/mol. The Labute approximate surface area is 124 Å². The molecule has 0 amide bonds. The lowest BCUT2D eigenvalue weighted by molar-refractivity contribution is 0.326. The molecular formula is C14H23N5S. The van der Waals surface area contributed by atoms with Gasteiger partial charge in [0.1, 0.15) is 10.6 Å². The summed E-state index contributed by atoms with van der Waals surface area (Å²) in [5.41, 5.74) is 0. The molecule has 1 atom stereocenters. The number of fused-ring (bicyclic) bond motifs is 1. The van der Waals surface area contributed by atoms with Crippen molar-refractivity contribution in [1.29, 1.82) is 0 Å². The molecule has 0 saturated heterocycles. The zero-order valence-corrected chi connectivity index (χ0v) is 13.6. The van der Waals surface area contributed by atoms with Crippen LogP contribution in [0.4, 0.5) is 11.8 Å². The Hall–Kier alpha value is -1.40. The zero-order valence-electron chi connectivity index (χ0n) is 12.8. The van der Waals surface area contributed by atoms with E-state index in [1.807, 2.05) is 0 Å². The fraction of sp³-hybridized carbons (Fsp3) is 0.571. The van der Waals surface area contributed by atoms with Gasteiger partial charge in [0.05, 0.1) is 5.39 Å². The molecule has 110 valence electrons. The Bertz CT molecular complexity index is 578. The van der Waals surface area contributed by atoms with Gasteiger partial charge in [-0.2, -0.15) is 4.98 Å². The zero-order chi connectivity index (χ0) is 14.7. The first-order valence-corrected chi connectivity index (χ1v) is 7.75. The van der Waals surface area contributed by atoms with Crippen LogP contribution in [0.1, 0.15) is 18.7 Å². The van der Waals surface area contributed by atoms with Gasteiger partial charge in [-0.15, -0.1) is 11.3 Å². The van der Waals surface area contributed by atoms with Crippen LogP contribution in [0.5, 0.6) is 0 Å². The average Bonchev–Trinajstić information content (AvgIpc) is 2.76. The Morgan fingerprint density at radius 1 is 1.30 bits per heavy atom. The summed E-state index contributed by atoms with van der Waals surface area (Å²) in [5, 5.41) is 7.76. The number of anilines is 2. The summed E-state index contributed by atoms with van der Waals surface area (Å²) in [6.07, 6.45) is 0. The molecule has 0 spiro atoms. The molecule has 1 unspecified atom stereocenters. The van der Waals surface area contributed by atoms with Crippen LogP contribution in [0, 0.1) is 6.92 Å². The summed E-state index contributed by atoms with van der Waals surface area (Å²) < 4.78 is 0. The minimum absolute atomic E-state index is 0.447. The normalized spacial score (nSPS) is 12.9. The molecule has 2 heterocycles. The van der Waals surface area contributed by atoms with Gasteiger partial charge in [0.25, 0.3) is 0 Å². The van der Waals surface area contributed by atoms with E-state index >= 15 is 0 Å². The summed E-state index contributed by atoms with van der Waals surface area (Å²) in [7, 11) is 4.17. The number of hydrogen-bond acceptors (Lipinski definition) is 6. The highest BCUT2D eigenvalue weighted by Crippen LogP contribution is 2.29. The van der Waals surface area contributed by atoms with E-state index in [4.69, 9.17) is 0 Å². The molecule has 2 aromatic heterocycles. The van der Waals surface area contributed by atoms with E-state index in [9.17, 15) is 0 Å². The van der Waals surface area contributed by atoms with Crippen molar-refractivity contribution in [2.24, 2.45) is 0 Å². The van der Waals surface area contributed by atoms with Gasteiger partial charge in [0.15, 0.2) is 0 Å². The molecule has 2 aromatic rings. The van der Waals surface area contributed by atoms with Gasteiger partial charge in [-0.25, -0.2) is 4.98 Å². The predicted octanol–water partition coefficient (Wildman–Crippen LogP) is 2.79. The number of nitrogens with one attached hydrogen (secondary N) is 2. The molecule has 0 fully saturated rings. The van der Waals surface area contributed by atoms with Crippen molar-refractivity contribution >= 4 is 33.3 Å². The third-order valence-electron chi connectivity index (χ3n) is 3.30. The van der Waals surface area contributed by atoms with Gasteiger partial charge in [-0.05, 0) is 40.9 Å². The molecule has 6 heteroatoms. The number of hydrogen-bond donors (Lipinski definition) is 2. The number of aryl methyl sites for hydroxylation is 1. The van der Waals surface area contributed by atoms with E-state index in [-0.39, 0.29) is 0 Å². The lowest BCUT2D eigenvalue weighted by Gasteiger charge is -2.20. The quantitative estimate of drug-likeness (QED) is 0.858. The topological polar surface area (TPSA) is 53.1 Å². The van der Waals surface area contributed by atoms with Gasteiger partial charge in [-0.1, -0.05) is 0 Å². The number of nitrogens with zero attached hydrogens (tertiary/aromatic N) is 3. The Kier molecular flexibility index (Phi) is 4.77. The van der Waals surface area contributed by atoms with Crippen molar-refractivity contribution in [2.75, 3.05) is 37.8 Å². The molecule has 5 nitrogen and oxygen atoms in total. The highest BCUT2D eigenvalue weighted by molar-refractivity contribution is 7.18. The van der Waals surface area contributed by atoms with Crippen LogP contribution >= 0.6 is 11.3 Å². The number of likely N-dealkylation sites (N-methyl/N-ethyl adjacent to an activating group) is 1. The first-order chi connectivity index (χ1) is 9.51. The minimum atomic E-state index is 0.447. The molecule has 0 aliphatic heterocycles. The van der Waals surface area contributed by atoms with E-state index in [1.54, 1.807) is 11.3 Å². The fourth-order valence-electron chi connectivity index (χ4n) is 1.84. The summed E-state index contributed by atoms with van der Waals surface area (Å²) >= 11 is 1.71. The van der Waals surface area contributed by atoms with Crippen LogP contribution in [0.15, 0.2) is 6.07 Å². The summed E-state index contributed by atoms with van der Waals surface area (Å²) in [4.78, 5) is 13.6.